The van der Waals surface area contributed by atoms with Crippen LogP contribution < -0.4 is 10.5 Å². The fraction of sp³-hybridized carbons (Fsp3) is 0.0909. The number of ether oxygens (including phenoxy) is 1. The van der Waals surface area contributed by atoms with Gasteiger partial charge in [-0.2, -0.15) is 0 Å². The lowest BCUT2D eigenvalue weighted by Gasteiger charge is -2.08. The Morgan fingerprint density at radius 3 is 2.64 bits per heavy atom. The quantitative estimate of drug-likeness (QED) is 0.703. The van der Waals surface area contributed by atoms with Gasteiger partial charge in [0.2, 0.25) is 0 Å². The maximum atomic E-state index is 13.3. The molecule has 0 aliphatic carbocycles. The predicted octanol–water partition coefficient (Wildman–Crippen LogP) is 2.57. The summed E-state index contributed by atoms with van der Waals surface area (Å²) in [6.07, 6.45) is 0. The number of fused-ring (bicyclic) bond motifs is 1. The number of anilines is 1. The van der Waals surface area contributed by atoms with Crippen molar-refractivity contribution < 1.29 is 9.13 Å². The van der Waals surface area contributed by atoms with E-state index < -0.39 is 0 Å². The van der Waals surface area contributed by atoms with E-state index in [0.717, 1.165) is 0 Å². The molecule has 3 heteroatoms. The van der Waals surface area contributed by atoms with E-state index in [0.29, 0.717) is 22.2 Å². The maximum absolute atomic E-state index is 13.3. The minimum Gasteiger partial charge on any atom is -0.494 e. The lowest BCUT2D eigenvalue weighted by Crippen LogP contribution is -1.93. The van der Waals surface area contributed by atoms with Gasteiger partial charge in [-0.1, -0.05) is 12.1 Å². The summed E-state index contributed by atoms with van der Waals surface area (Å²) in [4.78, 5) is 0. The second-order valence-electron chi connectivity index (χ2n) is 3.02. The normalized spacial score (nSPS) is 10.4. The van der Waals surface area contributed by atoms with Gasteiger partial charge < -0.3 is 10.5 Å². The van der Waals surface area contributed by atoms with Crippen LogP contribution in [0.5, 0.6) is 5.75 Å². The number of rotatable bonds is 1. The molecule has 2 nitrogen and oxygen atoms in total. The summed E-state index contributed by atoms with van der Waals surface area (Å²) in [5.74, 6) is 0.266. The van der Waals surface area contributed by atoms with Crippen LogP contribution in [0.1, 0.15) is 0 Å². The largest absolute Gasteiger partial charge is 0.494 e. The Morgan fingerprint density at radius 2 is 1.93 bits per heavy atom. The summed E-state index contributed by atoms with van der Waals surface area (Å²) in [7, 11) is 1.52. The van der Waals surface area contributed by atoms with Crippen LogP contribution in [0.4, 0.5) is 10.1 Å². The van der Waals surface area contributed by atoms with E-state index in [1.807, 2.05) is 0 Å². The Balaban J connectivity index is 2.88. The summed E-state index contributed by atoms with van der Waals surface area (Å²) >= 11 is 0. The first kappa shape index (κ1) is 8.81. The summed E-state index contributed by atoms with van der Waals surface area (Å²) < 4.78 is 18.5. The molecule has 0 aliphatic rings. The van der Waals surface area contributed by atoms with Crippen molar-refractivity contribution in [3.05, 3.63) is 36.1 Å². The molecule has 0 bridgehead atoms. The zero-order chi connectivity index (χ0) is 10.1. The highest BCUT2D eigenvalue weighted by Gasteiger charge is 2.07. The van der Waals surface area contributed by atoms with Crippen LogP contribution in [-0.2, 0) is 0 Å². The molecule has 14 heavy (non-hydrogen) atoms. The van der Waals surface area contributed by atoms with Crippen molar-refractivity contribution in [3.63, 3.8) is 0 Å². The predicted molar refractivity (Wildman–Crippen MR) is 54.9 cm³/mol. The molecule has 2 rings (SSSR count). The van der Waals surface area contributed by atoms with Crippen molar-refractivity contribution in [2.24, 2.45) is 0 Å². The van der Waals surface area contributed by atoms with Crippen molar-refractivity contribution in [1.29, 1.82) is 0 Å². The molecular formula is C11H10FNO. The first-order valence-corrected chi connectivity index (χ1v) is 4.24. The van der Waals surface area contributed by atoms with Crippen LogP contribution in [0.15, 0.2) is 30.3 Å². The third-order valence-corrected chi connectivity index (χ3v) is 2.19. The smallest absolute Gasteiger partial charge is 0.149 e. The molecule has 0 aliphatic heterocycles. The van der Waals surface area contributed by atoms with Gasteiger partial charge in [0, 0.05) is 10.8 Å². The maximum Gasteiger partial charge on any atom is 0.149 e. The van der Waals surface area contributed by atoms with Crippen LogP contribution in [0, 0.1) is 5.82 Å². The second-order valence-corrected chi connectivity index (χ2v) is 3.02. The van der Waals surface area contributed by atoms with E-state index in [4.69, 9.17) is 10.5 Å². The third kappa shape index (κ3) is 1.18. The van der Waals surface area contributed by atoms with Crippen molar-refractivity contribution in [3.8, 4) is 5.75 Å². The summed E-state index contributed by atoms with van der Waals surface area (Å²) in [6.45, 7) is 0. The van der Waals surface area contributed by atoms with Crippen LogP contribution in [-0.4, -0.2) is 7.11 Å². The average molecular weight is 191 g/mol. The number of hydrogen-bond donors (Lipinski definition) is 1. The molecule has 0 saturated heterocycles. The minimum absolute atomic E-state index is 0.263. The van der Waals surface area contributed by atoms with Gasteiger partial charge in [-0.05, 0) is 18.2 Å². The first-order chi connectivity index (χ1) is 6.74. The van der Waals surface area contributed by atoms with Crippen LogP contribution in [0.2, 0.25) is 0 Å². The number of benzene rings is 2. The Morgan fingerprint density at radius 1 is 1.14 bits per heavy atom. The average Bonchev–Trinajstić information content (AvgIpc) is 2.18. The minimum atomic E-state index is -0.263. The van der Waals surface area contributed by atoms with Gasteiger partial charge in [-0.3, -0.25) is 0 Å². The van der Waals surface area contributed by atoms with E-state index in [-0.39, 0.29) is 5.82 Å². The summed E-state index contributed by atoms with van der Waals surface area (Å²) in [6, 6.07) is 8.14. The zero-order valence-corrected chi connectivity index (χ0v) is 7.75. The highest BCUT2D eigenvalue weighted by Crippen LogP contribution is 2.32. The molecule has 0 atom stereocenters. The highest BCUT2D eigenvalue weighted by atomic mass is 19.1. The van der Waals surface area contributed by atoms with E-state index in [1.54, 1.807) is 24.3 Å². The number of nitrogens with two attached hydrogens (primary N) is 1. The lowest BCUT2D eigenvalue weighted by atomic mass is 10.1. The van der Waals surface area contributed by atoms with Gasteiger partial charge in [-0.25, -0.2) is 4.39 Å². The molecule has 0 amide bonds. The standard InChI is InChI=1S/C11H10FNO/c1-14-11-8-3-2-4-9(12)7(8)5-6-10(11)13/h2-6H,13H2,1H3. The number of hydrogen-bond acceptors (Lipinski definition) is 2. The molecule has 2 aromatic carbocycles. The Bertz CT molecular complexity index is 482. The van der Waals surface area contributed by atoms with Crippen molar-refractivity contribution in [2.45, 2.75) is 0 Å². The van der Waals surface area contributed by atoms with Crippen LogP contribution >= 0.6 is 0 Å². The van der Waals surface area contributed by atoms with E-state index in [9.17, 15) is 4.39 Å². The van der Waals surface area contributed by atoms with E-state index >= 15 is 0 Å². The van der Waals surface area contributed by atoms with Gasteiger partial charge in [-0.15, -0.1) is 0 Å². The monoisotopic (exact) mass is 191 g/mol. The Kier molecular flexibility index (Phi) is 2.00. The summed E-state index contributed by atoms with van der Waals surface area (Å²) in [5, 5.41) is 1.23. The molecule has 0 unspecified atom stereocenters. The zero-order valence-electron chi connectivity index (χ0n) is 7.75. The number of halogens is 1. The molecule has 0 saturated carbocycles. The van der Waals surface area contributed by atoms with E-state index in [2.05, 4.69) is 0 Å². The van der Waals surface area contributed by atoms with Crippen molar-refractivity contribution >= 4 is 16.5 Å². The molecule has 0 heterocycles. The SMILES string of the molecule is COc1c(N)ccc2c(F)cccc12. The highest BCUT2D eigenvalue weighted by molar-refractivity contribution is 5.93. The molecule has 0 aromatic heterocycles. The molecule has 0 fully saturated rings. The molecular weight excluding hydrogens is 181 g/mol. The molecule has 0 spiro atoms. The number of methoxy groups -OCH3 is 1. The Hall–Kier alpha value is -1.77. The fourth-order valence-electron chi connectivity index (χ4n) is 1.54. The van der Waals surface area contributed by atoms with Crippen LogP contribution in [0.3, 0.4) is 0 Å². The second kappa shape index (κ2) is 3.18. The first-order valence-electron chi connectivity index (χ1n) is 4.24. The van der Waals surface area contributed by atoms with Gasteiger partial charge in [0.1, 0.15) is 11.6 Å². The molecule has 0 radical (unpaired) electrons. The van der Waals surface area contributed by atoms with Gasteiger partial charge in [0.25, 0.3) is 0 Å². The van der Waals surface area contributed by atoms with Gasteiger partial charge in [0.15, 0.2) is 0 Å². The van der Waals surface area contributed by atoms with Crippen LogP contribution in [0.25, 0.3) is 10.8 Å². The van der Waals surface area contributed by atoms with E-state index in [1.165, 1.54) is 13.2 Å². The van der Waals surface area contributed by atoms with Gasteiger partial charge >= 0.3 is 0 Å². The third-order valence-electron chi connectivity index (χ3n) is 2.19. The lowest BCUT2D eigenvalue weighted by molar-refractivity contribution is 0.422. The molecule has 2 aromatic rings. The van der Waals surface area contributed by atoms with Crippen molar-refractivity contribution in [1.82, 2.24) is 0 Å². The van der Waals surface area contributed by atoms with Crippen molar-refractivity contribution in [2.75, 3.05) is 12.8 Å². The number of nitrogen functional groups attached to an aromatic ring is 1. The topological polar surface area (TPSA) is 35.2 Å². The summed E-state index contributed by atoms with van der Waals surface area (Å²) in [5.41, 5.74) is 6.22. The molecule has 2 N–H and O–H groups in total. The molecule has 72 valence electrons. The Labute approximate surface area is 81.1 Å². The fourth-order valence-corrected chi connectivity index (χ4v) is 1.54. The van der Waals surface area contributed by atoms with Gasteiger partial charge in [0.05, 0.1) is 12.8 Å².